The van der Waals surface area contributed by atoms with Gasteiger partial charge in [0.1, 0.15) is 5.69 Å². The standard InChI is InChI=1S/C15H14F3N5O2S/c1-7-2-11(15(16,17)18)23(21-7)14-20-10(6-26-14)13(25)22-4-8-3-12(24)19-9(8)5-22/h2,6,8-9H,3-5H2,1H3,(H,19,24)/t8-,9+/m0/s1. The van der Waals surface area contributed by atoms with E-state index in [0.717, 1.165) is 22.1 Å². The normalized spacial score (nSPS) is 22.6. The number of hydrogen-bond donors (Lipinski definition) is 1. The van der Waals surface area contributed by atoms with Crippen LogP contribution in [-0.4, -0.2) is 50.6 Å². The molecule has 4 rings (SSSR count). The molecule has 2 saturated heterocycles. The number of nitrogens with zero attached hydrogens (tertiary/aromatic N) is 4. The molecule has 0 aliphatic carbocycles. The van der Waals surface area contributed by atoms with Crippen LogP contribution in [0, 0.1) is 12.8 Å². The Hall–Kier alpha value is -2.43. The molecule has 4 heterocycles. The molecule has 0 spiro atoms. The zero-order valence-electron chi connectivity index (χ0n) is 13.6. The van der Waals surface area contributed by atoms with Gasteiger partial charge in [0.15, 0.2) is 5.69 Å². The predicted molar refractivity (Wildman–Crippen MR) is 84.9 cm³/mol. The molecule has 1 N–H and O–H groups in total. The Kier molecular flexibility index (Phi) is 3.79. The van der Waals surface area contributed by atoms with Crippen LogP contribution in [0.2, 0.25) is 0 Å². The minimum Gasteiger partial charge on any atom is -0.351 e. The average Bonchev–Trinajstić information content (AvgIpc) is 3.26. The molecular formula is C15H14F3N5O2S. The first-order valence-electron chi connectivity index (χ1n) is 7.91. The number of amides is 2. The second-order valence-corrected chi connectivity index (χ2v) is 7.28. The summed E-state index contributed by atoms with van der Waals surface area (Å²) in [6.07, 6.45) is -4.18. The van der Waals surface area contributed by atoms with Crippen LogP contribution in [0.25, 0.3) is 5.13 Å². The summed E-state index contributed by atoms with van der Waals surface area (Å²) in [5, 5.41) is 8.08. The monoisotopic (exact) mass is 385 g/mol. The molecule has 2 aromatic heterocycles. The van der Waals surface area contributed by atoms with E-state index in [9.17, 15) is 22.8 Å². The molecule has 0 bridgehead atoms. The van der Waals surface area contributed by atoms with Gasteiger partial charge in [-0.3, -0.25) is 9.59 Å². The number of carbonyl (C=O) groups excluding carboxylic acids is 2. The molecule has 2 aromatic rings. The number of aryl methyl sites for hydroxylation is 1. The van der Waals surface area contributed by atoms with E-state index in [1.807, 2.05) is 0 Å². The molecule has 2 aliphatic rings. The second-order valence-electron chi connectivity index (χ2n) is 6.44. The maximum absolute atomic E-state index is 13.1. The SMILES string of the molecule is Cc1cc(C(F)(F)F)n(-c2nc(C(=O)N3C[C@@H]4CC(=O)N[C@@H]4C3)cs2)n1. The Balaban J connectivity index is 1.56. The molecule has 11 heteroatoms. The highest BCUT2D eigenvalue weighted by Gasteiger charge is 2.42. The maximum atomic E-state index is 13.1. The molecule has 0 unspecified atom stereocenters. The smallest absolute Gasteiger partial charge is 0.351 e. The van der Waals surface area contributed by atoms with Gasteiger partial charge in [0, 0.05) is 30.8 Å². The van der Waals surface area contributed by atoms with Crippen LogP contribution in [0.1, 0.15) is 28.3 Å². The Morgan fingerprint density at radius 3 is 2.85 bits per heavy atom. The topological polar surface area (TPSA) is 80.1 Å². The fourth-order valence-electron chi connectivity index (χ4n) is 3.38. The summed E-state index contributed by atoms with van der Waals surface area (Å²) in [7, 11) is 0. The minimum absolute atomic E-state index is 0.0125. The van der Waals surface area contributed by atoms with E-state index in [4.69, 9.17) is 0 Å². The first kappa shape index (κ1) is 17.0. The number of likely N-dealkylation sites (tertiary alicyclic amines) is 1. The molecule has 0 saturated carbocycles. The molecular weight excluding hydrogens is 371 g/mol. The molecule has 2 amide bonds. The highest BCUT2D eigenvalue weighted by Crippen LogP contribution is 2.32. The van der Waals surface area contributed by atoms with Crippen LogP contribution in [0.4, 0.5) is 13.2 Å². The summed E-state index contributed by atoms with van der Waals surface area (Å²) in [4.78, 5) is 29.6. The lowest BCUT2D eigenvalue weighted by atomic mass is 10.1. The van der Waals surface area contributed by atoms with E-state index in [1.54, 1.807) is 4.90 Å². The molecule has 26 heavy (non-hydrogen) atoms. The Morgan fingerprint density at radius 1 is 1.38 bits per heavy atom. The first-order chi connectivity index (χ1) is 12.2. The van der Waals surface area contributed by atoms with Gasteiger partial charge in [-0.15, -0.1) is 11.3 Å². The van der Waals surface area contributed by atoms with Gasteiger partial charge in [0.05, 0.1) is 11.7 Å². The van der Waals surface area contributed by atoms with Crippen molar-refractivity contribution in [2.24, 2.45) is 5.92 Å². The fourth-order valence-corrected chi connectivity index (χ4v) is 4.14. The minimum atomic E-state index is -4.57. The summed E-state index contributed by atoms with van der Waals surface area (Å²) in [6, 6.07) is 0.878. The number of hydrogen-bond acceptors (Lipinski definition) is 5. The van der Waals surface area contributed by atoms with Crippen molar-refractivity contribution in [2.75, 3.05) is 13.1 Å². The zero-order valence-corrected chi connectivity index (χ0v) is 14.4. The van der Waals surface area contributed by atoms with Crippen molar-refractivity contribution >= 4 is 23.2 Å². The quantitative estimate of drug-likeness (QED) is 0.852. The third-order valence-electron chi connectivity index (χ3n) is 4.54. The third-order valence-corrected chi connectivity index (χ3v) is 5.35. The van der Waals surface area contributed by atoms with Crippen molar-refractivity contribution in [1.82, 2.24) is 25.0 Å². The highest BCUT2D eigenvalue weighted by atomic mass is 32.1. The van der Waals surface area contributed by atoms with Crippen LogP contribution in [0.5, 0.6) is 0 Å². The third kappa shape index (κ3) is 2.85. The lowest BCUT2D eigenvalue weighted by Crippen LogP contribution is -2.35. The van der Waals surface area contributed by atoms with Crippen LogP contribution >= 0.6 is 11.3 Å². The van der Waals surface area contributed by atoms with Crippen molar-refractivity contribution in [3.05, 3.63) is 28.5 Å². The van der Waals surface area contributed by atoms with E-state index in [-0.39, 0.29) is 40.3 Å². The van der Waals surface area contributed by atoms with Crippen LogP contribution in [0.3, 0.4) is 0 Å². The van der Waals surface area contributed by atoms with Crippen molar-refractivity contribution in [3.8, 4) is 5.13 Å². The molecule has 2 atom stereocenters. The van der Waals surface area contributed by atoms with Gasteiger partial charge in [-0.2, -0.15) is 18.3 Å². The van der Waals surface area contributed by atoms with Gasteiger partial charge < -0.3 is 10.2 Å². The highest BCUT2D eigenvalue weighted by molar-refractivity contribution is 7.12. The van der Waals surface area contributed by atoms with Crippen LogP contribution in [0.15, 0.2) is 11.4 Å². The van der Waals surface area contributed by atoms with Crippen molar-refractivity contribution < 1.29 is 22.8 Å². The van der Waals surface area contributed by atoms with Crippen molar-refractivity contribution in [3.63, 3.8) is 0 Å². The number of thiazole rings is 1. The summed E-state index contributed by atoms with van der Waals surface area (Å²) in [6.45, 7) is 2.28. The van der Waals surface area contributed by atoms with Crippen LogP contribution in [-0.2, 0) is 11.0 Å². The Labute approximate surface area is 149 Å². The lowest BCUT2D eigenvalue weighted by Gasteiger charge is -2.15. The summed E-state index contributed by atoms with van der Waals surface area (Å²) in [5.74, 6) is -0.291. The lowest BCUT2D eigenvalue weighted by molar-refractivity contribution is -0.142. The number of aromatic nitrogens is 3. The molecule has 0 aromatic carbocycles. The largest absolute Gasteiger partial charge is 0.433 e. The van der Waals surface area contributed by atoms with Gasteiger partial charge in [0.25, 0.3) is 5.91 Å². The van der Waals surface area contributed by atoms with Crippen LogP contribution < -0.4 is 5.32 Å². The summed E-state index contributed by atoms with van der Waals surface area (Å²) < 4.78 is 40.1. The number of nitrogens with one attached hydrogen (secondary N) is 1. The second kappa shape index (κ2) is 5.79. The van der Waals surface area contributed by atoms with Crippen molar-refractivity contribution in [1.29, 1.82) is 0 Å². The number of alkyl halides is 3. The molecule has 138 valence electrons. The fraction of sp³-hybridized carbons (Fsp3) is 0.467. The number of halogens is 3. The first-order valence-corrected chi connectivity index (χ1v) is 8.79. The van der Waals surface area contributed by atoms with Gasteiger partial charge in [0.2, 0.25) is 11.0 Å². The maximum Gasteiger partial charge on any atom is 0.433 e. The number of carbonyl (C=O) groups is 2. The van der Waals surface area contributed by atoms with Gasteiger partial charge >= 0.3 is 6.18 Å². The molecule has 2 aliphatic heterocycles. The van der Waals surface area contributed by atoms with Gasteiger partial charge in [-0.05, 0) is 13.0 Å². The Bertz CT molecular complexity index is 874. The number of rotatable bonds is 2. The van der Waals surface area contributed by atoms with Gasteiger partial charge in [-0.25, -0.2) is 9.67 Å². The van der Waals surface area contributed by atoms with E-state index < -0.39 is 11.9 Å². The van der Waals surface area contributed by atoms with E-state index >= 15 is 0 Å². The molecule has 7 nitrogen and oxygen atoms in total. The zero-order chi connectivity index (χ0) is 18.6. The summed E-state index contributed by atoms with van der Waals surface area (Å²) in [5.41, 5.74) is -0.636. The van der Waals surface area contributed by atoms with Gasteiger partial charge in [-0.1, -0.05) is 0 Å². The molecule has 2 fully saturated rings. The Morgan fingerprint density at radius 2 is 2.15 bits per heavy atom. The average molecular weight is 385 g/mol. The van der Waals surface area contributed by atoms with E-state index in [0.29, 0.717) is 19.5 Å². The van der Waals surface area contributed by atoms with Crippen molar-refractivity contribution in [2.45, 2.75) is 25.6 Å². The summed E-state index contributed by atoms with van der Waals surface area (Å²) >= 11 is 0.927. The predicted octanol–water partition coefficient (Wildman–Crippen LogP) is 1.62. The number of fused-ring (bicyclic) bond motifs is 1. The molecule has 0 radical (unpaired) electrons. The van der Waals surface area contributed by atoms with E-state index in [1.165, 1.54) is 12.3 Å². The van der Waals surface area contributed by atoms with E-state index in [2.05, 4.69) is 15.4 Å².